The first kappa shape index (κ1) is 16.3. The SMILES string of the molecule is CCC(O)CN(Cc1cccc(O)c1)C1CCC(O)CC1. The van der Waals surface area contributed by atoms with E-state index in [2.05, 4.69) is 4.90 Å². The fourth-order valence-corrected chi connectivity index (χ4v) is 3.06. The first-order chi connectivity index (χ1) is 10.1. The lowest BCUT2D eigenvalue weighted by Gasteiger charge is -2.36. The van der Waals surface area contributed by atoms with Gasteiger partial charge < -0.3 is 15.3 Å². The zero-order chi connectivity index (χ0) is 15.2. The Morgan fingerprint density at radius 3 is 2.57 bits per heavy atom. The van der Waals surface area contributed by atoms with Crippen LogP contribution < -0.4 is 0 Å². The standard InChI is InChI=1S/C17H27NO3/c1-2-15(19)12-18(14-6-8-16(20)9-7-14)11-13-4-3-5-17(21)10-13/h3-5,10,14-16,19-21H,2,6-9,11-12H2,1H3. The average Bonchev–Trinajstić information content (AvgIpc) is 2.47. The fraction of sp³-hybridized carbons (Fsp3) is 0.647. The van der Waals surface area contributed by atoms with Crippen LogP contribution in [0.1, 0.15) is 44.6 Å². The van der Waals surface area contributed by atoms with Crippen molar-refractivity contribution >= 4 is 0 Å². The van der Waals surface area contributed by atoms with E-state index in [4.69, 9.17) is 0 Å². The Hall–Kier alpha value is -1.10. The summed E-state index contributed by atoms with van der Waals surface area (Å²) < 4.78 is 0. The Morgan fingerprint density at radius 2 is 1.95 bits per heavy atom. The minimum atomic E-state index is -0.325. The lowest BCUT2D eigenvalue weighted by molar-refractivity contribution is 0.0383. The normalized spacial score (nSPS) is 24.2. The summed E-state index contributed by atoms with van der Waals surface area (Å²) in [5, 5.41) is 29.3. The van der Waals surface area contributed by atoms with Gasteiger partial charge >= 0.3 is 0 Å². The summed E-state index contributed by atoms with van der Waals surface area (Å²) >= 11 is 0. The topological polar surface area (TPSA) is 63.9 Å². The second-order valence-electron chi connectivity index (χ2n) is 6.12. The van der Waals surface area contributed by atoms with Crippen LogP contribution in [-0.4, -0.2) is 45.0 Å². The van der Waals surface area contributed by atoms with Crippen LogP contribution in [0.5, 0.6) is 5.75 Å². The van der Waals surface area contributed by atoms with Gasteiger partial charge in [0.2, 0.25) is 0 Å². The first-order valence-corrected chi connectivity index (χ1v) is 7.96. The minimum Gasteiger partial charge on any atom is -0.508 e. The third kappa shape index (κ3) is 4.99. The van der Waals surface area contributed by atoms with Gasteiger partial charge in [0.05, 0.1) is 12.2 Å². The third-order valence-electron chi connectivity index (χ3n) is 4.40. The fourth-order valence-electron chi connectivity index (χ4n) is 3.06. The van der Waals surface area contributed by atoms with Crippen molar-refractivity contribution < 1.29 is 15.3 Å². The van der Waals surface area contributed by atoms with Crippen molar-refractivity contribution in [1.82, 2.24) is 4.90 Å². The number of aromatic hydroxyl groups is 1. The molecule has 0 aromatic heterocycles. The number of aliphatic hydroxyl groups is 2. The number of phenolic OH excluding ortho intramolecular Hbond substituents is 1. The van der Waals surface area contributed by atoms with Gasteiger partial charge in [0, 0.05) is 19.1 Å². The maximum Gasteiger partial charge on any atom is 0.115 e. The molecule has 1 saturated carbocycles. The van der Waals surface area contributed by atoms with Crippen LogP contribution in [0.4, 0.5) is 0 Å². The number of benzene rings is 1. The van der Waals surface area contributed by atoms with Crippen molar-refractivity contribution in [3.63, 3.8) is 0 Å². The van der Waals surface area contributed by atoms with E-state index in [1.165, 1.54) is 0 Å². The monoisotopic (exact) mass is 293 g/mol. The number of nitrogens with zero attached hydrogens (tertiary/aromatic N) is 1. The summed E-state index contributed by atoms with van der Waals surface area (Å²) in [5.74, 6) is 0.280. The van der Waals surface area contributed by atoms with Gasteiger partial charge in [-0.25, -0.2) is 0 Å². The summed E-state index contributed by atoms with van der Waals surface area (Å²) in [4.78, 5) is 2.30. The summed E-state index contributed by atoms with van der Waals surface area (Å²) in [6.07, 6.45) is 3.86. The molecule has 3 N–H and O–H groups in total. The van der Waals surface area contributed by atoms with E-state index in [1.54, 1.807) is 12.1 Å². The minimum absolute atomic E-state index is 0.167. The Balaban J connectivity index is 2.04. The van der Waals surface area contributed by atoms with E-state index in [9.17, 15) is 15.3 Å². The number of rotatable bonds is 6. The molecule has 0 saturated heterocycles. The molecule has 1 unspecified atom stereocenters. The smallest absolute Gasteiger partial charge is 0.115 e. The van der Waals surface area contributed by atoms with Crippen LogP contribution in [0.2, 0.25) is 0 Å². The van der Waals surface area contributed by atoms with Gasteiger partial charge in [0.25, 0.3) is 0 Å². The summed E-state index contributed by atoms with van der Waals surface area (Å²) in [6, 6.07) is 7.71. The number of hydrogen-bond acceptors (Lipinski definition) is 4. The molecule has 0 radical (unpaired) electrons. The van der Waals surface area contributed by atoms with Crippen molar-refractivity contribution in [2.45, 2.75) is 63.8 Å². The molecule has 118 valence electrons. The highest BCUT2D eigenvalue weighted by molar-refractivity contribution is 5.27. The molecule has 1 aliphatic carbocycles. The highest BCUT2D eigenvalue weighted by Gasteiger charge is 2.26. The molecule has 0 amide bonds. The summed E-state index contributed by atoms with van der Waals surface area (Å²) in [7, 11) is 0. The van der Waals surface area contributed by atoms with E-state index in [0.29, 0.717) is 12.6 Å². The van der Waals surface area contributed by atoms with Gasteiger partial charge in [-0.15, -0.1) is 0 Å². The molecule has 0 spiro atoms. The summed E-state index contributed by atoms with van der Waals surface area (Å²) in [5.41, 5.74) is 1.06. The second kappa shape index (κ2) is 7.78. The lowest BCUT2D eigenvalue weighted by Crippen LogP contribution is -2.42. The van der Waals surface area contributed by atoms with Gasteiger partial charge in [-0.2, -0.15) is 0 Å². The van der Waals surface area contributed by atoms with Gasteiger partial charge in [-0.05, 0) is 49.8 Å². The predicted molar refractivity (Wildman–Crippen MR) is 83.1 cm³/mol. The van der Waals surface area contributed by atoms with Crippen molar-refractivity contribution in [1.29, 1.82) is 0 Å². The zero-order valence-corrected chi connectivity index (χ0v) is 12.8. The van der Waals surface area contributed by atoms with Crippen LogP contribution in [0.25, 0.3) is 0 Å². The Morgan fingerprint density at radius 1 is 1.24 bits per heavy atom. The molecular formula is C17H27NO3. The highest BCUT2D eigenvalue weighted by atomic mass is 16.3. The van der Waals surface area contributed by atoms with Crippen molar-refractivity contribution in [3.05, 3.63) is 29.8 Å². The molecule has 4 heteroatoms. The maximum absolute atomic E-state index is 10.0. The molecule has 2 rings (SSSR count). The van der Waals surface area contributed by atoms with E-state index in [1.807, 2.05) is 19.1 Å². The number of phenols is 1. The molecule has 0 bridgehead atoms. The van der Waals surface area contributed by atoms with Crippen molar-refractivity contribution in [2.75, 3.05) is 6.54 Å². The maximum atomic E-state index is 10.0. The van der Waals surface area contributed by atoms with Crippen molar-refractivity contribution in [3.8, 4) is 5.75 Å². The van der Waals surface area contributed by atoms with Gasteiger partial charge in [0.15, 0.2) is 0 Å². The van der Waals surface area contributed by atoms with Crippen LogP contribution >= 0.6 is 0 Å². The molecule has 0 heterocycles. The summed E-state index contributed by atoms with van der Waals surface area (Å²) in [6.45, 7) is 3.36. The Labute approximate surface area is 127 Å². The molecule has 1 atom stereocenters. The van der Waals surface area contributed by atoms with E-state index >= 15 is 0 Å². The molecule has 4 nitrogen and oxygen atoms in total. The van der Waals surface area contributed by atoms with Gasteiger partial charge in [-0.1, -0.05) is 19.1 Å². The van der Waals surface area contributed by atoms with Crippen LogP contribution in [0.15, 0.2) is 24.3 Å². The van der Waals surface area contributed by atoms with E-state index < -0.39 is 0 Å². The molecule has 1 aliphatic rings. The molecule has 0 aliphatic heterocycles. The third-order valence-corrected chi connectivity index (χ3v) is 4.40. The molecule has 1 aromatic carbocycles. The number of aliphatic hydroxyl groups excluding tert-OH is 2. The van der Waals surface area contributed by atoms with Crippen LogP contribution in [0, 0.1) is 0 Å². The molecule has 1 fully saturated rings. The lowest BCUT2D eigenvalue weighted by atomic mass is 9.91. The molecule has 1 aromatic rings. The van der Waals surface area contributed by atoms with Crippen molar-refractivity contribution in [2.24, 2.45) is 0 Å². The molecular weight excluding hydrogens is 266 g/mol. The Bertz CT molecular complexity index is 430. The quantitative estimate of drug-likeness (QED) is 0.753. The Kier molecular flexibility index (Phi) is 6.03. The number of hydrogen-bond donors (Lipinski definition) is 3. The predicted octanol–water partition coefficient (Wildman–Crippen LogP) is 2.27. The first-order valence-electron chi connectivity index (χ1n) is 7.96. The van der Waals surface area contributed by atoms with E-state index in [0.717, 1.165) is 44.2 Å². The van der Waals surface area contributed by atoms with Gasteiger partial charge in [-0.3, -0.25) is 4.90 Å². The van der Waals surface area contributed by atoms with Gasteiger partial charge in [0.1, 0.15) is 5.75 Å². The molecule has 21 heavy (non-hydrogen) atoms. The zero-order valence-electron chi connectivity index (χ0n) is 12.8. The van der Waals surface area contributed by atoms with Crippen LogP contribution in [0.3, 0.4) is 0 Å². The largest absolute Gasteiger partial charge is 0.508 e. The van der Waals surface area contributed by atoms with Crippen LogP contribution in [-0.2, 0) is 6.54 Å². The highest BCUT2D eigenvalue weighted by Crippen LogP contribution is 2.25. The second-order valence-corrected chi connectivity index (χ2v) is 6.12. The average molecular weight is 293 g/mol. The van der Waals surface area contributed by atoms with E-state index in [-0.39, 0.29) is 18.0 Å².